The maximum Gasteiger partial charge on any atom is 0.191 e. The van der Waals surface area contributed by atoms with Crippen LogP contribution in [-0.4, -0.2) is 31.1 Å². The van der Waals surface area contributed by atoms with Gasteiger partial charge in [0.05, 0.1) is 0 Å². The molecule has 0 spiro atoms. The van der Waals surface area contributed by atoms with Crippen molar-refractivity contribution in [2.75, 3.05) is 20.1 Å². The lowest BCUT2D eigenvalue weighted by atomic mass is 9.84. The number of halogens is 2. The number of guanidine groups is 1. The lowest BCUT2D eigenvalue weighted by molar-refractivity contribution is 0.503. The number of aliphatic imine (C=N–C) groups is 1. The first kappa shape index (κ1) is 19.2. The van der Waals surface area contributed by atoms with Crippen LogP contribution in [0.4, 0.5) is 4.39 Å². The first-order valence-corrected chi connectivity index (χ1v) is 8.59. The van der Waals surface area contributed by atoms with Gasteiger partial charge in [0, 0.05) is 31.7 Å². The van der Waals surface area contributed by atoms with Crippen molar-refractivity contribution in [3.63, 3.8) is 0 Å². The predicted octanol–water partition coefficient (Wildman–Crippen LogP) is 3.56. The molecule has 0 aliphatic carbocycles. The summed E-state index contributed by atoms with van der Waals surface area (Å²) in [6.45, 7) is 5.50. The second-order valence-electron chi connectivity index (χ2n) is 6.49. The highest BCUT2D eigenvalue weighted by Gasteiger charge is 2.21. The second-order valence-corrected chi connectivity index (χ2v) is 6.87. The molecule has 2 aromatic rings. The van der Waals surface area contributed by atoms with Gasteiger partial charge in [-0.15, -0.1) is 0 Å². The molecule has 1 aromatic heterocycles. The van der Waals surface area contributed by atoms with Crippen molar-refractivity contribution >= 4 is 17.6 Å². The number of hydrogen-bond donors (Lipinski definition) is 2. The van der Waals surface area contributed by atoms with Crippen LogP contribution in [0, 0.1) is 5.82 Å². The summed E-state index contributed by atoms with van der Waals surface area (Å²) in [7, 11) is 1.73. The highest BCUT2D eigenvalue weighted by atomic mass is 35.5. The van der Waals surface area contributed by atoms with Gasteiger partial charge in [-0.2, -0.15) is 0 Å². The molecule has 0 radical (unpaired) electrons. The third-order valence-corrected chi connectivity index (χ3v) is 4.25. The van der Waals surface area contributed by atoms with Crippen molar-refractivity contribution in [1.29, 1.82) is 0 Å². The van der Waals surface area contributed by atoms with Gasteiger partial charge in [0.15, 0.2) is 5.96 Å². The summed E-state index contributed by atoms with van der Waals surface area (Å²) in [4.78, 5) is 8.30. The van der Waals surface area contributed by atoms with Crippen molar-refractivity contribution < 1.29 is 4.39 Å². The monoisotopic (exact) mass is 362 g/mol. The van der Waals surface area contributed by atoms with Crippen molar-refractivity contribution in [3.05, 3.63) is 64.7 Å². The molecule has 0 fully saturated rings. The molecular formula is C19H24ClFN4. The molecule has 0 bridgehead atoms. The van der Waals surface area contributed by atoms with Crippen LogP contribution in [0.15, 0.2) is 47.6 Å². The van der Waals surface area contributed by atoms with Crippen LogP contribution in [0.1, 0.15) is 25.0 Å². The lowest BCUT2D eigenvalue weighted by Gasteiger charge is -2.26. The van der Waals surface area contributed by atoms with Gasteiger partial charge in [-0.25, -0.2) is 9.37 Å². The number of pyridine rings is 1. The minimum atomic E-state index is -0.222. The molecule has 2 rings (SSSR count). The zero-order chi connectivity index (χ0) is 18.3. The van der Waals surface area contributed by atoms with Gasteiger partial charge in [-0.1, -0.05) is 43.6 Å². The van der Waals surface area contributed by atoms with Crippen LogP contribution in [-0.2, 0) is 11.8 Å². The fraction of sp³-hybridized carbons (Fsp3) is 0.368. The molecule has 0 saturated heterocycles. The molecule has 0 aliphatic heterocycles. The van der Waals surface area contributed by atoms with E-state index in [1.165, 1.54) is 6.07 Å². The van der Waals surface area contributed by atoms with E-state index in [-0.39, 0.29) is 11.2 Å². The smallest absolute Gasteiger partial charge is 0.191 e. The van der Waals surface area contributed by atoms with Crippen molar-refractivity contribution in [1.82, 2.24) is 15.6 Å². The van der Waals surface area contributed by atoms with Gasteiger partial charge in [-0.05, 0) is 35.7 Å². The Hall–Kier alpha value is -2.14. The van der Waals surface area contributed by atoms with Gasteiger partial charge in [-0.3, -0.25) is 4.99 Å². The highest BCUT2D eigenvalue weighted by molar-refractivity contribution is 6.29. The van der Waals surface area contributed by atoms with Crippen LogP contribution in [0.25, 0.3) is 0 Å². The molecular weight excluding hydrogens is 339 g/mol. The molecule has 0 aliphatic rings. The van der Waals surface area contributed by atoms with Crippen molar-refractivity contribution in [2.45, 2.75) is 25.7 Å². The Labute approximate surface area is 153 Å². The van der Waals surface area contributed by atoms with E-state index in [1.54, 1.807) is 31.4 Å². The van der Waals surface area contributed by atoms with Crippen LogP contribution in [0.5, 0.6) is 0 Å². The number of aromatic nitrogens is 1. The molecule has 2 N–H and O–H groups in total. The summed E-state index contributed by atoms with van der Waals surface area (Å²) in [6, 6.07) is 10.4. The molecule has 1 aromatic carbocycles. The summed E-state index contributed by atoms with van der Waals surface area (Å²) < 4.78 is 13.4. The van der Waals surface area contributed by atoms with E-state index in [9.17, 15) is 4.39 Å². The molecule has 0 atom stereocenters. The first-order chi connectivity index (χ1) is 11.9. The van der Waals surface area contributed by atoms with Crippen molar-refractivity contribution in [2.24, 2.45) is 4.99 Å². The number of rotatable bonds is 6. The molecule has 4 nitrogen and oxygen atoms in total. The van der Waals surface area contributed by atoms with Gasteiger partial charge >= 0.3 is 0 Å². The quantitative estimate of drug-likeness (QED) is 0.469. The molecule has 1 heterocycles. The van der Waals surface area contributed by atoms with Gasteiger partial charge < -0.3 is 10.6 Å². The molecule has 0 saturated carbocycles. The van der Waals surface area contributed by atoms with Crippen molar-refractivity contribution in [3.8, 4) is 0 Å². The van der Waals surface area contributed by atoms with Crippen LogP contribution < -0.4 is 10.6 Å². The summed E-state index contributed by atoms with van der Waals surface area (Å²) in [5.74, 6) is 0.496. The SMILES string of the molecule is CN=C(NCCc1ccc(Cl)nc1)NCC(C)(C)c1cccc(F)c1. The Balaban J connectivity index is 1.84. The fourth-order valence-corrected chi connectivity index (χ4v) is 2.53. The average Bonchev–Trinajstić information content (AvgIpc) is 2.59. The zero-order valence-corrected chi connectivity index (χ0v) is 15.6. The van der Waals surface area contributed by atoms with E-state index < -0.39 is 0 Å². The highest BCUT2D eigenvalue weighted by Crippen LogP contribution is 2.22. The van der Waals surface area contributed by atoms with Gasteiger partial charge in [0.1, 0.15) is 11.0 Å². The molecule has 0 amide bonds. The summed E-state index contributed by atoms with van der Waals surface area (Å²) >= 11 is 5.78. The number of nitrogens with zero attached hydrogens (tertiary/aromatic N) is 2. The fourth-order valence-electron chi connectivity index (χ4n) is 2.42. The predicted molar refractivity (Wildman–Crippen MR) is 102 cm³/mol. The van der Waals surface area contributed by atoms with E-state index in [0.717, 1.165) is 24.1 Å². The Morgan fingerprint density at radius 1 is 1.24 bits per heavy atom. The summed E-state index contributed by atoms with van der Waals surface area (Å²) in [5.41, 5.74) is 1.83. The largest absolute Gasteiger partial charge is 0.356 e. The Morgan fingerprint density at radius 2 is 2.04 bits per heavy atom. The van der Waals surface area contributed by atoms with E-state index >= 15 is 0 Å². The zero-order valence-electron chi connectivity index (χ0n) is 14.8. The topological polar surface area (TPSA) is 49.3 Å². The Morgan fingerprint density at radius 3 is 2.68 bits per heavy atom. The molecule has 134 valence electrons. The van der Waals surface area contributed by atoms with Crippen LogP contribution in [0.2, 0.25) is 5.15 Å². The molecule has 0 unspecified atom stereocenters. The average molecular weight is 363 g/mol. The minimum absolute atomic E-state index is 0.218. The van der Waals surface area contributed by atoms with E-state index in [2.05, 4.69) is 34.5 Å². The van der Waals surface area contributed by atoms with E-state index in [4.69, 9.17) is 11.6 Å². The Kier molecular flexibility index (Phi) is 6.76. The minimum Gasteiger partial charge on any atom is -0.356 e. The van der Waals surface area contributed by atoms with Crippen LogP contribution in [0.3, 0.4) is 0 Å². The summed E-state index contributed by atoms with van der Waals surface area (Å²) in [5, 5.41) is 7.07. The third kappa shape index (κ3) is 6.02. The number of benzene rings is 1. The van der Waals surface area contributed by atoms with Crippen LogP contribution >= 0.6 is 11.6 Å². The molecule has 6 heteroatoms. The maximum absolute atomic E-state index is 13.4. The van der Waals surface area contributed by atoms with Gasteiger partial charge in [0.25, 0.3) is 0 Å². The third-order valence-electron chi connectivity index (χ3n) is 4.02. The lowest BCUT2D eigenvalue weighted by Crippen LogP contribution is -2.44. The summed E-state index contributed by atoms with van der Waals surface area (Å²) in [6.07, 6.45) is 2.59. The number of hydrogen-bond acceptors (Lipinski definition) is 2. The normalized spacial score (nSPS) is 12.1. The van der Waals surface area contributed by atoms with Gasteiger partial charge in [0.2, 0.25) is 0 Å². The maximum atomic E-state index is 13.4. The first-order valence-electron chi connectivity index (χ1n) is 8.22. The van der Waals surface area contributed by atoms with E-state index in [0.29, 0.717) is 17.7 Å². The molecule has 25 heavy (non-hydrogen) atoms. The number of nitrogens with one attached hydrogen (secondary N) is 2. The Bertz CT molecular complexity index is 714. The standard InChI is InChI=1S/C19H24ClFN4/c1-19(2,15-5-4-6-16(21)11-15)13-25-18(22-3)23-10-9-14-7-8-17(20)24-12-14/h4-8,11-12H,9-10,13H2,1-3H3,(H2,22,23,25). The van der Waals surface area contributed by atoms with E-state index in [1.807, 2.05) is 12.1 Å². The second kappa shape index (κ2) is 8.81.